The van der Waals surface area contributed by atoms with Gasteiger partial charge in [-0.15, -0.1) is 0 Å². The largest absolute Gasteiger partial charge is 0.459 e. The van der Waals surface area contributed by atoms with Crippen LogP contribution in [0.25, 0.3) is 11.0 Å². The van der Waals surface area contributed by atoms with E-state index in [1.165, 1.54) is 12.1 Å². The molecule has 0 saturated heterocycles. The van der Waals surface area contributed by atoms with Crippen LogP contribution < -0.4 is 5.32 Å². The maximum atomic E-state index is 13.0. The molecule has 0 aliphatic carbocycles. The number of rotatable bonds is 2. The van der Waals surface area contributed by atoms with Gasteiger partial charge in [0.05, 0.1) is 11.0 Å². The van der Waals surface area contributed by atoms with E-state index in [4.69, 9.17) is 4.42 Å². The molecular formula is C10H9BrFNO. The number of fused-ring (bicyclic) bond motifs is 1. The number of hydrogen-bond acceptors (Lipinski definition) is 2. The zero-order chi connectivity index (χ0) is 10.1. The van der Waals surface area contributed by atoms with E-state index in [0.717, 1.165) is 11.1 Å². The highest BCUT2D eigenvalue weighted by molar-refractivity contribution is 9.10. The van der Waals surface area contributed by atoms with E-state index in [1.54, 1.807) is 0 Å². The van der Waals surface area contributed by atoms with Crippen molar-refractivity contribution in [3.05, 3.63) is 34.2 Å². The summed E-state index contributed by atoms with van der Waals surface area (Å²) in [5.41, 5.74) is 0.691. The number of furan rings is 1. The first kappa shape index (κ1) is 9.68. The molecule has 0 aliphatic heterocycles. The molecule has 1 heterocycles. The van der Waals surface area contributed by atoms with E-state index in [2.05, 4.69) is 21.2 Å². The van der Waals surface area contributed by atoms with Crippen molar-refractivity contribution < 1.29 is 8.81 Å². The van der Waals surface area contributed by atoms with Gasteiger partial charge in [-0.1, -0.05) is 0 Å². The standard InChI is InChI=1S/C10H9BrFNO/c1-13-5-8-3-6-2-7(12)4-9(11)10(6)14-8/h2-4,13H,5H2,1H3. The Hall–Kier alpha value is -0.870. The van der Waals surface area contributed by atoms with Gasteiger partial charge in [0, 0.05) is 5.39 Å². The lowest BCUT2D eigenvalue weighted by Gasteiger charge is -1.93. The van der Waals surface area contributed by atoms with E-state index < -0.39 is 0 Å². The van der Waals surface area contributed by atoms with Crippen LogP contribution in [0.1, 0.15) is 5.76 Å². The van der Waals surface area contributed by atoms with Crippen molar-refractivity contribution in [3.63, 3.8) is 0 Å². The minimum absolute atomic E-state index is 0.263. The second-order valence-corrected chi connectivity index (χ2v) is 3.90. The van der Waals surface area contributed by atoms with Crippen molar-refractivity contribution in [2.45, 2.75) is 6.54 Å². The molecule has 0 amide bonds. The Morgan fingerprint density at radius 2 is 2.21 bits per heavy atom. The van der Waals surface area contributed by atoms with Crippen molar-refractivity contribution in [2.24, 2.45) is 0 Å². The maximum Gasteiger partial charge on any atom is 0.148 e. The predicted octanol–water partition coefficient (Wildman–Crippen LogP) is 3.05. The first-order chi connectivity index (χ1) is 6.70. The fourth-order valence-electron chi connectivity index (χ4n) is 1.39. The van der Waals surface area contributed by atoms with Crippen molar-refractivity contribution in [1.82, 2.24) is 5.32 Å². The van der Waals surface area contributed by atoms with Crippen LogP contribution >= 0.6 is 15.9 Å². The molecule has 2 rings (SSSR count). The van der Waals surface area contributed by atoms with Crippen LogP contribution in [0.15, 0.2) is 27.1 Å². The van der Waals surface area contributed by atoms with Crippen LogP contribution in [0.3, 0.4) is 0 Å². The molecule has 2 aromatic rings. The number of benzene rings is 1. The zero-order valence-electron chi connectivity index (χ0n) is 7.60. The molecule has 2 nitrogen and oxygen atoms in total. The Morgan fingerprint density at radius 1 is 1.43 bits per heavy atom. The molecule has 1 aromatic heterocycles. The molecule has 0 atom stereocenters. The topological polar surface area (TPSA) is 25.2 Å². The van der Waals surface area contributed by atoms with Crippen LogP contribution in [-0.2, 0) is 6.54 Å². The summed E-state index contributed by atoms with van der Waals surface area (Å²) in [5, 5.41) is 3.76. The predicted molar refractivity (Wildman–Crippen MR) is 56.6 cm³/mol. The summed E-state index contributed by atoms with van der Waals surface area (Å²) in [6, 6.07) is 4.69. The van der Waals surface area contributed by atoms with Crippen LogP contribution in [0, 0.1) is 5.82 Å². The molecule has 0 unspecified atom stereocenters. The van der Waals surface area contributed by atoms with Gasteiger partial charge < -0.3 is 9.73 Å². The average Bonchev–Trinajstić information content (AvgIpc) is 2.48. The molecule has 0 spiro atoms. The molecule has 1 N–H and O–H groups in total. The molecule has 0 radical (unpaired) electrons. The minimum atomic E-state index is -0.263. The van der Waals surface area contributed by atoms with Crippen LogP contribution in [-0.4, -0.2) is 7.05 Å². The molecule has 0 bridgehead atoms. The SMILES string of the molecule is CNCc1cc2cc(F)cc(Br)c2o1. The highest BCUT2D eigenvalue weighted by atomic mass is 79.9. The van der Waals surface area contributed by atoms with Crippen LogP contribution in [0.2, 0.25) is 0 Å². The zero-order valence-corrected chi connectivity index (χ0v) is 9.19. The van der Waals surface area contributed by atoms with Crippen molar-refractivity contribution in [2.75, 3.05) is 7.05 Å². The van der Waals surface area contributed by atoms with E-state index in [9.17, 15) is 4.39 Å². The summed E-state index contributed by atoms with van der Waals surface area (Å²) in [6.07, 6.45) is 0. The van der Waals surface area contributed by atoms with Gasteiger partial charge in [-0.3, -0.25) is 0 Å². The Bertz CT molecular complexity index is 466. The van der Waals surface area contributed by atoms with Crippen molar-refractivity contribution >= 4 is 26.9 Å². The highest BCUT2D eigenvalue weighted by Crippen LogP contribution is 2.28. The number of nitrogens with one attached hydrogen (secondary N) is 1. The van der Waals surface area contributed by atoms with Gasteiger partial charge in [0.1, 0.15) is 17.2 Å². The van der Waals surface area contributed by atoms with Gasteiger partial charge in [0.2, 0.25) is 0 Å². The lowest BCUT2D eigenvalue weighted by molar-refractivity contribution is 0.529. The van der Waals surface area contributed by atoms with Gasteiger partial charge in [-0.05, 0) is 41.2 Å². The van der Waals surface area contributed by atoms with Crippen LogP contribution in [0.4, 0.5) is 4.39 Å². The van der Waals surface area contributed by atoms with Crippen LogP contribution in [0.5, 0.6) is 0 Å². The quantitative estimate of drug-likeness (QED) is 0.895. The summed E-state index contributed by atoms with van der Waals surface area (Å²) in [4.78, 5) is 0. The first-order valence-corrected chi connectivity index (χ1v) is 5.02. The third-order valence-electron chi connectivity index (χ3n) is 1.94. The monoisotopic (exact) mass is 257 g/mol. The molecule has 0 aliphatic rings. The first-order valence-electron chi connectivity index (χ1n) is 4.23. The smallest absolute Gasteiger partial charge is 0.148 e. The Balaban J connectivity index is 2.58. The molecule has 1 aromatic carbocycles. The fourth-order valence-corrected chi connectivity index (χ4v) is 1.92. The number of halogens is 2. The summed E-state index contributed by atoms with van der Waals surface area (Å²) in [7, 11) is 1.84. The van der Waals surface area contributed by atoms with E-state index in [-0.39, 0.29) is 5.82 Å². The Kier molecular flexibility index (Phi) is 2.56. The summed E-state index contributed by atoms with van der Waals surface area (Å²) < 4.78 is 19.2. The lowest BCUT2D eigenvalue weighted by atomic mass is 10.2. The van der Waals surface area contributed by atoms with Crippen molar-refractivity contribution in [3.8, 4) is 0 Å². The van der Waals surface area contributed by atoms with E-state index in [1.807, 2.05) is 13.1 Å². The molecule has 14 heavy (non-hydrogen) atoms. The molecular weight excluding hydrogens is 249 g/mol. The Labute approximate surface area is 89.2 Å². The Morgan fingerprint density at radius 3 is 2.93 bits per heavy atom. The molecule has 0 saturated carbocycles. The van der Waals surface area contributed by atoms with Gasteiger partial charge in [0.15, 0.2) is 0 Å². The van der Waals surface area contributed by atoms with E-state index in [0.29, 0.717) is 16.6 Å². The normalized spacial score (nSPS) is 11.1. The summed E-state index contributed by atoms with van der Waals surface area (Å²) >= 11 is 3.26. The maximum absolute atomic E-state index is 13.0. The van der Waals surface area contributed by atoms with Gasteiger partial charge in [0.25, 0.3) is 0 Å². The van der Waals surface area contributed by atoms with Gasteiger partial charge in [-0.2, -0.15) is 0 Å². The summed E-state index contributed by atoms with van der Waals surface area (Å²) in [6.45, 7) is 0.642. The highest BCUT2D eigenvalue weighted by Gasteiger charge is 2.08. The molecule has 0 fully saturated rings. The fraction of sp³-hybridized carbons (Fsp3) is 0.200. The number of hydrogen-bond donors (Lipinski definition) is 1. The third-order valence-corrected chi connectivity index (χ3v) is 2.53. The molecule has 4 heteroatoms. The van der Waals surface area contributed by atoms with Gasteiger partial charge in [-0.25, -0.2) is 4.39 Å². The van der Waals surface area contributed by atoms with E-state index >= 15 is 0 Å². The van der Waals surface area contributed by atoms with Crippen molar-refractivity contribution in [1.29, 1.82) is 0 Å². The van der Waals surface area contributed by atoms with Gasteiger partial charge >= 0.3 is 0 Å². The third kappa shape index (κ3) is 1.67. The summed E-state index contributed by atoms with van der Waals surface area (Å²) in [5.74, 6) is 0.537. The average molecular weight is 258 g/mol. The second-order valence-electron chi connectivity index (χ2n) is 3.05. The second kappa shape index (κ2) is 3.71. The molecule has 74 valence electrons. The minimum Gasteiger partial charge on any atom is -0.459 e. The lowest BCUT2D eigenvalue weighted by Crippen LogP contribution is -2.03.